The molecule has 0 aliphatic heterocycles. The summed E-state index contributed by atoms with van der Waals surface area (Å²) in [6.45, 7) is 1.93. The van der Waals surface area contributed by atoms with Crippen molar-refractivity contribution in [3.05, 3.63) is 65.2 Å². The van der Waals surface area contributed by atoms with E-state index in [1.807, 2.05) is 31.2 Å². The van der Waals surface area contributed by atoms with Gasteiger partial charge in [-0.3, -0.25) is 9.59 Å². The molecule has 0 aliphatic rings. The normalized spacial score (nSPS) is 13.2. The first-order chi connectivity index (χ1) is 13.1. The number of rotatable bonds is 9. The molecule has 2 atom stereocenters. The number of carbonyl (C=O) groups excluding carboxylic acids is 1. The fourth-order valence-corrected chi connectivity index (χ4v) is 3.28. The van der Waals surface area contributed by atoms with E-state index in [4.69, 9.17) is 5.73 Å². The average Bonchev–Trinajstić information content (AvgIpc) is 2.62. The zero-order valence-electron chi connectivity index (χ0n) is 16.4. The van der Waals surface area contributed by atoms with Gasteiger partial charge in [-0.15, -0.1) is 0 Å². The number of carboxylic acid groups (broad SMARTS) is 1. The molecule has 7 nitrogen and oxygen atoms in total. The van der Waals surface area contributed by atoms with Crippen LogP contribution in [-0.4, -0.2) is 35.9 Å². The molecule has 0 saturated heterocycles. The Kier molecular flexibility index (Phi) is 9.67. The molecule has 29 heavy (non-hydrogen) atoms. The van der Waals surface area contributed by atoms with E-state index in [2.05, 4.69) is 0 Å². The van der Waals surface area contributed by atoms with Gasteiger partial charge in [0.1, 0.15) is 10.1 Å². The van der Waals surface area contributed by atoms with E-state index in [0.29, 0.717) is 5.56 Å². The molecule has 0 fully saturated rings. The molecule has 0 spiro atoms. The average molecular weight is 427 g/mol. The van der Waals surface area contributed by atoms with Crippen LogP contribution in [0.1, 0.15) is 23.1 Å². The van der Waals surface area contributed by atoms with Crippen LogP contribution in [0.25, 0.3) is 0 Å². The van der Waals surface area contributed by atoms with Crippen molar-refractivity contribution in [1.29, 1.82) is 0 Å². The van der Waals surface area contributed by atoms with Crippen LogP contribution in [0.5, 0.6) is 0 Å². The smallest absolute Gasteiger partial charge is 0.744 e. The van der Waals surface area contributed by atoms with Gasteiger partial charge in [0.05, 0.1) is 16.9 Å². The third-order valence-electron chi connectivity index (χ3n) is 4.48. The minimum absolute atomic E-state index is 0. The Morgan fingerprint density at radius 2 is 1.48 bits per heavy atom. The zero-order valence-corrected chi connectivity index (χ0v) is 19.2. The summed E-state index contributed by atoms with van der Waals surface area (Å²) in [6.07, 6.45) is 0.149. The van der Waals surface area contributed by atoms with E-state index in [9.17, 15) is 27.7 Å². The maximum absolute atomic E-state index is 12.4. The van der Waals surface area contributed by atoms with Gasteiger partial charge in [-0.2, -0.15) is 0 Å². The molecule has 0 aliphatic carbocycles. The van der Waals surface area contributed by atoms with Crippen molar-refractivity contribution in [1.82, 2.24) is 0 Å². The van der Waals surface area contributed by atoms with Crippen LogP contribution in [0.2, 0.25) is 0 Å². The maximum Gasteiger partial charge on any atom is 1.00 e. The van der Waals surface area contributed by atoms with Gasteiger partial charge in [0, 0.05) is 6.42 Å². The molecule has 0 radical (unpaired) electrons. The van der Waals surface area contributed by atoms with Crippen LogP contribution in [-0.2, 0) is 32.5 Å². The van der Waals surface area contributed by atoms with Crippen molar-refractivity contribution in [2.24, 2.45) is 11.7 Å². The summed E-state index contributed by atoms with van der Waals surface area (Å²) in [4.78, 5) is 23.6. The van der Waals surface area contributed by atoms with E-state index in [0.717, 1.165) is 23.3 Å². The van der Waals surface area contributed by atoms with Crippen molar-refractivity contribution in [2.75, 3.05) is 0 Å². The molecule has 2 rings (SSSR count). The molecular weight excluding hydrogens is 405 g/mol. The second kappa shape index (κ2) is 11.0. The number of aryl methyl sites for hydroxylation is 1. The Morgan fingerprint density at radius 3 is 1.97 bits per heavy atom. The van der Waals surface area contributed by atoms with Crippen LogP contribution < -0.4 is 35.3 Å². The molecule has 0 heterocycles. The molecule has 0 amide bonds. The Labute approximate surface area is 192 Å². The standard InChI is InChI=1S/C20H23NO6S.Na/c1-13-2-4-14(5-3-13)10-16(20(23)24)12-19(22)18(21)11-15-6-8-17(9-7-15)28(25,26)27;/h2-9,16,18H,10-12,21H2,1H3,(H,23,24)(H,25,26,27);/q;+1/p-1. The number of nitrogens with two attached hydrogens (primary N) is 1. The summed E-state index contributed by atoms with van der Waals surface area (Å²) in [5.74, 6) is -2.33. The Morgan fingerprint density at radius 1 is 1.00 bits per heavy atom. The van der Waals surface area contributed by atoms with Gasteiger partial charge in [-0.05, 0) is 43.0 Å². The molecule has 0 aromatic heterocycles. The molecule has 0 saturated carbocycles. The van der Waals surface area contributed by atoms with E-state index in [-0.39, 0.29) is 59.5 Å². The topological polar surface area (TPSA) is 138 Å². The summed E-state index contributed by atoms with van der Waals surface area (Å²) >= 11 is 0. The predicted octanol–water partition coefficient (Wildman–Crippen LogP) is -1.32. The van der Waals surface area contributed by atoms with Crippen LogP contribution in [0.15, 0.2) is 53.4 Å². The minimum Gasteiger partial charge on any atom is -0.744 e. The maximum atomic E-state index is 12.4. The van der Waals surface area contributed by atoms with E-state index in [1.54, 1.807) is 0 Å². The molecule has 0 bridgehead atoms. The van der Waals surface area contributed by atoms with Gasteiger partial charge in [-0.25, -0.2) is 8.42 Å². The van der Waals surface area contributed by atoms with Crippen molar-refractivity contribution < 1.29 is 57.2 Å². The Bertz CT molecular complexity index is 942. The van der Waals surface area contributed by atoms with Crippen molar-refractivity contribution in [2.45, 2.75) is 37.1 Å². The molecule has 2 unspecified atom stereocenters. The molecule has 150 valence electrons. The van der Waals surface area contributed by atoms with E-state index >= 15 is 0 Å². The van der Waals surface area contributed by atoms with Gasteiger partial charge >= 0.3 is 35.5 Å². The van der Waals surface area contributed by atoms with Crippen molar-refractivity contribution >= 4 is 21.9 Å². The third-order valence-corrected chi connectivity index (χ3v) is 5.33. The second-order valence-electron chi connectivity index (χ2n) is 6.80. The quantitative estimate of drug-likeness (QED) is 0.374. The molecule has 2 aromatic carbocycles. The number of hydrogen-bond donors (Lipinski definition) is 2. The number of aliphatic carboxylic acids is 1. The van der Waals surface area contributed by atoms with E-state index in [1.165, 1.54) is 12.1 Å². The summed E-state index contributed by atoms with van der Waals surface area (Å²) < 4.78 is 32.8. The van der Waals surface area contributed by atoms with Gasteiger partial charge in [0.25, 0.3) is 0 Å². The summed E-state index contributed by atoms with van der Waals surface area (Å²) in [5.41, 5.74) is 8.38. The Hall–Kier alpha value is -1.55. The fourth-order valence-electron chi connectivity index (χ4n) is 2.81. The monoisotopic (exact) mass is 427 g/mol. The SMILES string of the molecule is Cc1ccc(CC(CC(=O)C(N)Cc2ccc(S(=O)(=O)[O-])cc2)C(=O)O)cc1.[Na+]. The zero-order chi connectivity index (χ0) is 20.9. The molecule has 2 aromatic rings. The number of carbonyl (C=O) groups is 2. The molecular formula is C20H22NNaO6S. The fraction of sp³-hybridized carbons (Fsp3) is 0.300. The van der Waals surface area contributed by atoms with Crippen LogP contribution in [0, 0.1) is 12.8 Å². The van der Waals surface area contributed by atoms with Crippen LogP contribution in [0.4, 0.5) is 0 Å². The van der Waals surface area contributed by atoms with E-state index < -0.39 is 28.0 Å². The first kappa shape index (κ1) is 25.5. The van der Waals surface area contributed by atoms with Crippen LogP contribution in [0.3, 0.4) is 0 Å². The predicted molar refractivity (Wildman–Crippen MR) is 102 cm³/mol. The number of carboxylic acids is 1. The Balaban J connectivity index is 0.00000420. The summed E-state index contributed by atoms with van der Waals surface area (Å²) in [5, 5.41) is 9.44. The number of benzene rings is 2. The summed E-state index contributed by atoms with van der Waals surface area (Å²) in [6, 6.07) is 11.7. The minimum atomic E-state index is -4.54. The molecule has 9 heteroatoms. The van der Waals surface area contributed by atoms with Gasteiger partial charge < -0.3 is 15.4 Å². The first-order valence-corrected chi connectivity index (χ1v) is 10.1. The van der Waals surface area contributed by atoms with Crippen LogP contribution >= 0.6 is 0 Å². The van der Waals surface area contributed by atoms with Crippen molar-refractivity contribution in [3.63, 3.8) is 0 Å². The van der Waals surface area contributed by atoms with Gasteiger partial charge in [0.2, 0.25) is 0 Å². The van der Waals surface area contributed by atoms with Gasteiger partial charge in [0.15, 0.2) is 5.78 Å². The molecule has 3 N–H and O–H groups in total. The van der Waals surface area contributed by atoms with Crippen molar-refractivity contribution in [3.8, 4) is 0 Å². The number of ketones is 1. The number of Topliss-reactive ketones (excluding diaryl/α,β-unsaturated/α-hetero) is 1. The third kappa shape index (κ3) is 8.00. The van der Waals surface area contributed by atoms with Gasteiger partial charge in [-0.1, -0.05) is 42.0 Å². The first-order valence-electron chi connectivity index (χ1n) is 8.67. The second-order valence-corrected chi connectivity index (χ2v) is 8.18. The summed E-state index contributed by atoms with van der Waals surface area (Å²) in [7, 11) is -4.54. The largest absolute Gasteiger partial charge is 1.00 e. The number of hydrogen-bond acceptors (Lipinski definition) is 6.